The highest BCUT2D eigenvalue weighted by Gasteiger charge is 2.35. The van der Waals surface area contributed by atoms with Crippen LogP contribution in [0.3, 0.4) is 0 Å². The lowest BCUT2D eigenvalue weighted by Crippen LogP contribution is -2.44. The van der Waals surface area contributed by atoms with Crippen LogP contribution in [0.15, 0.2) is 18.2 Å². The average Bonchev–Trinajstić information content (AvgIpc) is 2.39. The monoisotopic (exact) mass is 263 g/mol. The molecule has 0 unspecified atom stereocenters. The van der Waals surface area contributed by atoms with Gasteiger partial charge in [-0.15, -0.1) is 0 Å². The summed E-state index contributed by atoms with van der Waals surface area (Å²) >= 11 is 0. The zero-order valence-corrected chi connectivity index (χ0v) is 11.3. The molecule has 2 rings (SSSR count). The van der Waals surface area contributed by atoms with Gasteiger partial charge in [0, 0.05) is 13.0 Å². The first-order chi connectivity index (χ1) is 9.06. The molecule has 0 bridgehead atoms. The third-order valence-corrected chi connectivity index (χ3v) is 3.63. The van der Waals surface area contributed by atoms with Gasteiger partial charge in [-0.1, -0.05) is 19.1 Å². The second kappa shape index (κ2) is 5.51. The maximum atomic E-state index is 13.9. The van der Waals surface area contributed by atoms with Crippen LogP contribution in [0.2, 0.25) is 0 Å². The smallest absolute Gasteiger partial charge is 0.237 e. The summed E-state index contributed by atoms with van der Waals surface area (Å²) in [4.78, 5) is 25.6. The summed E-state index contributed by atoms with van der Waals surface area (Å²) in [7, 11) is 0. The molecule has 1 aromatic rings. The van der Waals surface area contributed by atoms with E-state index in [-0.39, 0.29) is 11.7 Å². The fourth-order valence-electron chi connectivity index (χ4n) is 2.61. The molecule has 102 valence electrons. The predicted molar refractivity (Wildman–Crippen MR) is 71.5 cm³/mol. The van der Waals surface area contributed by atoms with Crippen LogP contribution in [0.5, 0.6) is 0 Å². The number of hydrogen-bond acceptors (Lipinski definition) is 2. The molecule has 1 aliphatic rings. The topological polar surface area (TPSA) is 37.4 Å². The summed E-state index contributed by atoms with van der Waals surface area (Å²) in [6.45, 7) is 4.01. The van der Waals surface area contributed by atoms with E-state index in [1.807, 2.05) is 0 Å². The van der Waals surface area contributed by atoms with Crippen molar-refractivity contribution in [2.45, 2.75) is 33.1 Å². The molecule has 19 heavy (non-hydrogen) atoms. The van der Waals surface area contributed by atoms with Gasteiger partial charge in [-0.25, -0.2) is 4.39 Å². The largest absolute Gasteiger partial charge is 0.309 e. The van der Waals surface area contributed by atoms with Gasteiger partial charge in [0.05, 0.1) is 11.6 Å². The molecule has 0 aliphatic carbocycles. The maximum Gasteiger partial charge on any atom is 0.237 e. The van der Waals surface area contributed by atoms with Gasteiger partial charge in [0.15, 0.2) is 0 Å². The Kier molecular flexibility index (Phi) is 3.98. The quantitative estimate of drug-likeness (QED) is 0.786. The molecule has 1 saturated heterocycles. The average molecular weight is 263 g/mol. The highest BCUT2D eigenvalue weighted by molar-refractivity contribution is 6.09. The molecule has 1 atom stereocenters. The number of Topliss-reactive ketones (excluding diaryl/α,β-unsaturated/α-hetero) is 1. The van der Waals surface area contributed by atoms with Crippen molar-refractivity contribution in [1.82, 2.24) is 0 Å². The molecule has 0 saturated carbocycles. The lowest BCUT2D eigenvalue weighted by Gasteiger charge is -2.32. The maximum absolute atomic E-state index is 13.9. The van der Waals surface area contributed by atoms with Gasteiger partial charge in [-0.2, -0.15) is 0 Å². The summed E-state index contributed by atoms with van der Waals surface area (Å²) in [5.41, 5.74) is 1.04. The number of nitrogens with zero attached hydrogens (tertiary/aromatic N) is 1. The molecule has 1 heterocycles. The Labute approximate surface area is 112 Å². The Hall–Kier alpha value is -1.71. The Morgan fingerprint density at radius 1 is 1.47 bits per heavy atom. The third-order valence-electron chi connectivity index (χ3n) is 3.63. The Bertz CT molecular complexity index is 493. The molecular formula is C15H18FNO2. The molecule has 1 fully saturated rings. The molecule has 0 aromatic heterocycles. The van der Waals surface area contributed by atoms with Crippen LogP contribution in [0.1, 0.15) is 31.7 Å². The number of ketones is 1. The van der Waals surface area contributed by atoms with E-state index in [4.69, 9.17) is 0 Å². The van der Waals surface area contributed by atoms with Crippen LogP contribution in [-0.4, -0.2) is 18.2 Å². The van der Waals surface area contributed by atoms with Crippen molar-refractivity contribution in [1.29, 1.82) is 0 Å². The second-order valence-electron chi connectivity index (χ2n) is 4.91. The van der Waals surface area contributed by atoms with Gasteiger partial charge < -0.3 is 4.90 Å². The third kappa shape index (κ3) is 2.53. The van der Waals surface area contributed by atoms with Crippen molar-refractivity contribution < 1.29 is 14.0 Å². The van der Waals surface area contributed by atoms with E-state index >= 15 is 0 Å². The molecule has 4 heteroatoms. The zero-order chi connectivity index (χ0) is 14.0. The summed E-state index contributed by atoms with van der Waals surface area (Å²) in [6.07, 6.45) is 1.66. The van der Waals surface area contributed by atoms with Crippen LogP contribution in [0.4, 0.5) is 10.1 Å². The van der Waals surface area contributed by atoms with Gasteiger partial charge in [0.1, 0.15) is 11.6 Å². The van der Waals surface area contributed by atoms with Crippen LogP contribution >= 0.6 is 0 Å². The number of carbonyl (C=O) groups is 2. The minimum Gasteiger partial charge on any atom is -0.309 e. The van der Waals surface area contributed by atoms with Gasteiger partial charge in [-0.3, -0.25) is 9.59 Å². The number of piperidine rings is 1. The second-order valence-corrected chi connectivity index (χ2v) is 4.91. The first-order valence-corrected chi connectivity index (χ1v) is 6.65. The zero-order valence-electron chi connectivity index (χ0n) is 11.3. The van der Waals surface area contributed by atoms with Crippen LogP contribution < -0.4 is 4.90 Å². The van der Waals surface area contributed by atoms with E-state index in [0.717, 1.165) is 12.0 Å². The summed E-state index contributed by atoms with van der Waals surface area (Å²) in [6, 6.07) is 4.75. The first kappa shape index (κ1) is 13.7. The first-order valence-electron chi connectivity index (χ1n) is 6.65. The Morgan fingerprint density at radius 2 is 2.21 bits per heavy atom. The molecule has 0 spiro atoms. The van der Waals surface area contributed by atoms with Gasteiger partial charge in [0.25, 0.3) is 0 Å². The molecule has 1 amide bonds. The number of halogens is 1. The van der Waals surface area contributed by atoms with E-state index in [1.165, 1.54) is 11.0 Å². The number of carbonyl (C=O) groups excluding carboxylic acids is 2. The number of aryl methyl sites for hydroxylation is 1. The molecular weight excluding hydrogens is 245 g/mol. The van der Waals surface area contributed by atoms with Crippen LogP contribution in [0, 0.1) is 18.7 Å². The fourth-order valence-corrected chi connectivity index (χ4v) is 2.61. The van der Waals surface area contributed by atoms with Crippen molar-refractivity contribution in [2.75, 3.05) is 11.4 Å². The Balaban J connectivity index is 2.35. The van der Waals surface area contributed by atoms with Crippen molar-refractivity contribution in [3.05, 3.63) is 29.6 Å². The molecule has 0 radical (unpaired) electrons. The van der Waals surface area contributed by atoms with E-state index < -0.39 is 11.7 Å². The van der Waals surface area contributed by atoms with Crippen molar-refractivity contribution >= 4 is 17.4 Å². The van der Waals surface area contributed by atoms with Gasteiger partial charge in [-0.05, 0) is 31.4 Å². The van der Waals surface area contributed by atoms with Crippen molar-refractivity contribution in [3.63, 3.8) is 0 Å². The molecule has 3 nitrogen and oxygen atoms in total. The van der Waals surface area contributed by atoms with E-state index in [9.17, 15) is 14.0 Å². The predicted octanol–water partition coefficient (Wildman–Crippen LogP) is 2.86. The highest BCUT2D eigenvalue weighted by Crippen LogP contribution is 2.30. The fraction of sp³-hybridized carbons (Fsp3) is 0.467. The number of hydrogen-bond donors (Lipinski definition) is 0. The minimum atomic E-state index is -0.599. The lowest BCUT2D eigenvalue weighted by atomic mass is 9.91. The standard InChI is InChI=1S/C15H18FNO2/c1-3-13(18)11-7-5-9-17(15(11)19)14-10(2)6-4-8-12(14)16/h4,6,8,11H,3,5,7,9H2,1-2H3/t11-/m0/s1. The van der Waals surface area contributed by atoms with Crippen molar-refractivity contribution in [2.24, 2.45) is 5.92 Å². The highest BCUT2D eigenvalue weighted by atomic mass is 19.1. The number of benzene rings is 1. The number of rotatable bonds is 3. The van der Waals surface area contributed by atoms with Crippen LogP contribution in [0.25, 0.3) is 0 Å². The molecule has 1 aliphatic heterocycles. The van der Waals surface area contributed by atoms with E-state index in [2.05, 4.69) is 0 Å². The number of amides is 1. The van der Waals surface area contributed by atoms with Gasteiger partial charge >= 0.3 is 0 Å². The summed E-state index contributed by atoms with van der Waals surface area (Å²) in [5.74, 6) is -1.31. The molecule has 1 aromatic carbocycles. The summed E-state index contributed by atoms with van der Waals surface area (Å²) < 4.78 is 13.9. The van der Waals surface area contributed by atoms with Crippen LogP contribution in [-0.2, 0) is 9.59 Å². The Morgan fingerprint density at radius 3 is 2.84 bits per heavy atom. The van der Waals surface area contributed by atoms with Gasteiger partial charge in [0.2, 0.25) is 5.91 Å². The molecule has 0 N–H and O–H groups in total. The van der Waals surface area contributed by atoms with E-state index in [0.29, 0.717) is 25.1 Å². The number of para-hydroxylation sites is 1. The minimum absolute atomic E-state index is 0.0521. The van der Waals surface area contributed by atoms with E-state index in [1.54, 1.807) is 26.0 Å². The SMILES string of the molecule is CCC(=O)[C@@H]1CCCN(c2c(C)cccc2F)C1=O. The number of anilines is 1. The summed E-state index contributed by atoms with van der Waals surface area (Å²) in [5, 5.41) is 0. The lowest BCUT2D eigenvalue weighted by molar-refractivity contribution is -0.133. The van der Waals surface area contributed by atoms with Crippen molar-refractivity contribution in [3.8, 4) is 0 Å². The normalized spacial score (nSPS) is 19.6.